The Kier molecular flexibility index (Phi) is 5.26. The van der Waals surface area contributed by atoms with Gasteiger partial charge in [-0.05, 0) is 38.0 Å². The predicted molar refractivity (Wildman–Crippen MR) is 69.2 cm³/mol. The normalized spacial score (nSPS) is 35.1. The van der Waals surface area contributed by atoms with Crippen LogP contribution in [0.4, 0.5) is 0 Å². The van der Waals surface area contributed by atoms with E-state index < -0.39 is 0 Å². The smallest absolute Gasteiger partial charge is 0.0699 e. The molecule has 3 unspecified atom stereocenters. The maximum absolute atomic E-state index is 5.79. The van der Waals surface area contributed by atoms with E-state index in [0.717, 1.165) is 32.6 Å². The topological polar surface area (TPSA) is 30.5 Å². The lowest BCUT2D eigenvalue weighted by atomic mass is 9.95. The van der Waals surface area contributed by atoms with E-state index in [9.17, 15) is 0 Å². The molecule has 0 aromatic carbocycles. The van der Waals surface area contributed by atoms with Gasteiger partial charge in [0.05, 0.1) is 12.2 Å². The van der Waals surface area contributed by atoms with Crippen molar-refractivity contribution in [3.63, 3.8) is 0 Å². The van der Waals surface area contributed by atoms with Crippen molar-refractivity contribution in [2.24, 2.45) is 5.92 Å². The molecule has 2 rings (SSSR count). The Hall–Kier alpha value is -0.120. The van der Waals surface area contributed by atoms with Gasteiger partial charge in [0.1, 0.15) is 0 Å². The Balaban J connectivity index is 1.67. The van der Waals surface area contributed by atoms with Crippen LogP contribution >= 0.6 is 0 Å². The van der Waals surface area contributed by atoms with Crippen molar-refractivity contribution in [2.75, 3.05) is 19.8 Å². The molecule has 0 radical (unpaired) electrons. The van der Waals surface area contributed by atoms with Gasteiger partial charge in [-0.3, -0.25) is 0 Å². The van der Waals surface area contributed by atoms with Gasteiger partial charge >= 0.3 is 0 Å². The monoisotopic (exact) mass is 241 g/mol. The van der Waals surface area contributed by atoms with Gasteiger partial charge in [0, 0.05) is 25.8 Å². The fourth-order valence-corrected chi connectivity index (χ4v) is 2.74. The Labute approximate surface area is 105 Å². The molecule has 2 fully saturated rings. The predicted octanol–water partition coefficient (Wildman–Crippen LogP) is 2.35. The molecule has 0 amide bonds. The molecular weight excluding hydrogens is 214 g/mol. The SMILES string of the molecule is CC(C)C1CC(NCC2CCCCO2)CCO1. The van der Waals surface area contributed by atoms with E-state index in [-0.39, 0.29) is 0 Å². The Bertz CT molecular complexity index is 214. The van der Waals surface area contributed by atoms with Crippen molar-refractivity contribution in [1.29, 1.82) is 0 Å². The zero-order chi connectivity index (χ0) is 12.1. The Morgan fingerprint density at radius 1 is 1.12 bits per heavy atom. The number of hydrogen-bond acceptors (Lipinski definition) is 3. The van der Waals surface area contributed by atoms with Crippen LogP contribution in [-0.2, 0) is 9.47 Å². The highest BCUT2D eigenvalue weighted by Crippen LogP contribution is 2.20. The molecule has 3 atom stereocenters. The fraction of sp³-hybridized carbons (Fsp3) is 1.00. The second-order valence-corrected chi connectivity index (χ2v) is 5.77. The molecule has 2 saturated heterocycles. The summed E-state index contributed by atoms with van der Waals surface area (Å²) in [5.74, 6) is 0.630. The van der Waals surface area contributed by atoms with Crippen LogP contribution in [-0.4, -0.2) is 38.0 Å². The van der Waals surface area contributed by atoms with Crippen LogP contribution in [0.25, 0.3) is 0 Å². The summed E-state index contributed by atoms with van der Waals surface area (Å²) in [6.45, 7) is 7.38. The second kappa shape index (κ2) is 6.72. The number of hydrogen-bond donors (Lipinski definition) is 1. The molecule has 0 aromatic heterocycles. The molecule has 0 spiro atoms. The second-order valence-electron chi connectivity index (χ2n) is 5.77. The number of rotatable bonds is 4. The van der Waals surface area contributed by atoms with E-state index >= 15 is 0 Å². The third kappa shape index (κ3) is 4.23. The first-order valence-corrected chi connectivity index (χ1v) is 7.22. The summed E-state index contributed by atoms with van der Waals surface area (Å²) >= 11 is 0. The van der Waals surface area contributed by atoms with Crippen LogP contribution in [0.15, 0.2) is 0 Å². The number of nitrogens with one attached hydrogen (secondary N) is 1. The van der Waals surface area contributed by atoms with Gasteiger partial charge in [-0.1, -0.05) is 13.8 Å². The van der Waals surface area contributed by atoms with Crippen LogP contribution in [0.1, 0.15) is 46.0 Å². The molecule has 3 nitrogen and oxygen atoms in total. The molecule has 17 heavy (non-hydrogen) atoms. The first-order chi connectivity index (χ1) is 8.25. The molecule has 3 heteroatoms. The zero-order valence-corrected chi connectivity index (χ0v) is 11.3. The van der Waals surface area contributed by atoms with Crippen LogP contribution < -0.4 is 5.32 Å². The van der Waals surface area contributed by atoms with Crippen molar-refractivity contribution in [3.8, 4) is 0 Å². The van der Waals surface area contributed by atoms with Crippen molar-refractivity contribution >= 4 is 0 Å². The Morgan fingerprint density at radius 2 is 2.00 bits per heavy atom. The van der Waals surface area contributed by atoms with Crippen LogP contribution in [0, 0.1) is 5.92 Å². The van der Waals surface area contributed by atoms with Crippen molar-refractivity contribution in [2.45, 2.75) is 64.2 Å². The van der Waals surface area contributed by atoms with Gasteiger partial charge in [-0.15, -0.1) is 0 Å². The molecule has 0 bridgehead atoms. The lowest BCUT2D eigenvalue weighted by Crippen LogP contribution is -2.44. The molecule has 0 aromatic rings. The summed E-state index contributed by atoms with van der Waals surface area (Å²) in [5, 5.41) is 3.67. The zero-order valence-electron chi connectivity index (χ0n) is 11.3. The third-order valence-corrected chi connectivity index (χ3v) is 3.97. The molecule has 0 saturated carbocycles. The molecule has 2 aliphatic rings. The van der Waals surface area contributed by atoms with Crippen LogP contribution in [0.2, 0.25) is 0 Å². The highest BCUT2D eigenvalue weighted by molar-refractivity contribution is 4.80. The van der Waals surface area contributed by atoms with E-state index in [4.69, 9.17) is 9.47 Å². The van der Waals surface area contributed by atoms with Crippen molar-refractivity contribution in [1.82, 2.24) is 5.32 Å². The summed E-state index contributed by atoms with van der Waals surface area (Å²) < 4.78 is 11.5. The van der Waals surface area contributed by atoms with Gasteiger partial charge in [0.15, 0.2) is 0 Å². The van der Waals surface area contributed by atoms with Crippen molar-refractivity contribution in [3.05, 3.63) is 0 Å². The van der Waals surface area contributed by atoms with E-state index in [1.807, 2.05) is 0 Å². The van der Waals surface area contributed by atoms with Gasteiger partial charge in [0.25, 0.3) is 0 Å². The average Bonchev–Trinajstić information content (AvgIpc) is 2.38. The fourth-order valence-electron chi connectivity index (χ4n) is 2.74. The first kappa shape index (κ1) is 13.3. The van der Waals surface area contributed by atoms with Gasteiger partial charge < -0.3 is 14.8 Å². The molecule has 2 aliphatic heterocycles. The van der Waals surface area contributed by atoms with Gasteiger partial charge in [-0.25, -0.2) is 0 Å². The quantitative estimate of drug-likeness (QED) is 0.819. The van der Waals surface area contributed by atoms with E-state index in [1.165, 1.54) is 19.3 Å². The first-order valence-electron chi connectivity index (χ1n) is 7.22. The summed E-state index contributed by atoms with van der Waals surface area (Å²) in [6, 6.07) is 0.627. The third-order valence-electron chi connectivity index (χ3n) is 3.97. The molecule has 2 heterocycles. The average molecular weight is 241 g/mol. The molecule has 100 valence electrons. The minimum atomic E-state index is 0.438. The highest BCUT2D eigenvalue weighted by Gasteiger charge is 2.25. The summed E-state index contributed by atoms with van der Waals surface area (Å²) in [7, 11) is 0. The van der Waals surface area contributed by atoms with Crippen molar-refractivity contribution < 1.29 is 9.47 Å². The Morgan fingerprint density at radius 3 is 2.71 bits per heavy atom. The highest BCUT2D eigenvalue weighted by atomic mass is 16.5. The van der Waals surface area contributed by atoms with Crippen LogP contribution in [0.5, 0.6) is 0 Å². The summed E-state index contributed by atoms with van der Waals surface area (Å²) in [5.41, 5.74) is 0. The maximum atomic E-state index is 5.79. The van der Waals surface area contributed by atoms with E-state index in [0.29, 0.717) is 24.2 Å². The lowest BCUT2D eigenvalue weighted by molar-refractivity contribution is -0.0302. The van der Waals surface area contributed by atoms with E-state index in [2.05, 4.69) is 19.2 Å². The number of ether oxygens (including phenoxy) is 2. The molecule has 1 N–H and O–H groups in total. The summed E-state index contributed by atoms with van der Waals surface area (Å²) in [4.78, 5) is 0. The lowest BCUT2D eigenvalue weighted by Gasteiger charge is -2.33. The van der Waals surface area contributed by atoms with Gasteiger partial charge in [0.2, 0.25) is 0 Å². The largest absolute Gasteiger partial charge is 0.378 e. The maximum Gasteiger partial charge on any atom is 0.0699 e. The summed E-state index contributed by atoms with van der Waals surface area (Å²) in [6.07, 6.45) is 6.99. The van der Waals surface area contributed by atoms with E-state index in [1.54, 1.807) is 0 Å². The standard InChI is InChI=1S/C14H27NO2/c1-11(2)14-9-12(6-8-17-14)15-10-13-5-3-4-7-16-13/h11-15H,3-10H2,1-2H3. The van der Waals surface area contributed by atoms with Crippen LogP contribution in [0.3, 0.4) is 0 Å². The molecular formula is C14H27NO2. The van der Waals surface area contributed by atoms with Gasteiger partial charge in [-0.2, -0.15) is 0 Å². The minimum absolute atomic E-state index is 0.438. The molecule has 0 aliphatic carbocycles. The minimum Gasteiger partial charge on any atom is -0.378 e.